The van der Waals surface area contributed by atoms with Crippen LogP contribution in [0.2, 0.25) is 5.02 Å². The van der Waals surface area contributed by atoms with Crippen LogP contribution >= 0.6 is 11.6 Å². The lowest BCUT2D eigenvalue weighted by Crippen LogP contribution is -2.58. The number of nitrogens with zero attached hydrogens (tertiary/aromatic N) is 4. The molecule has 4 fully saturated rings. The Morgan fingerprint density at radius 1 is 1.11 bits per heavy atom. The zero-order valence-electron chi connectivity index (χ0n) is 24.8. The second-order valence-electron chi connectivity index (χ2n) is 13.4. The van der Waals surface area contributed by atoms with Gasteiger partial charge in [-0.3, -0.25) is 4.90 Å². The summed E-state index contributed by atoms with van der Waals surface area (Å²) in [7, 11) is 0. The third-order valence-corrected chi connectivity index (χ3v) is 10.6. The number of fused-ring (bicyclic) bond motifs is 5. The quantitative estimate of drug-likeness (QED) is 0.193. The van der Waals surface area contributed by atoms with Crippen LogP contribution < -0.4 is 20.7 Å². The van der Waals surface area contributed by atoms with Crippen molar-refractivity contribution in [1.29, 1.82) is 0 Å². The van der Waals surface area contributed by atoms with E-state index in [0.29, 0.717) is 31.9 Å². The molecule has 0 radical (unpaired) electrons. The van der Waals surface area contributed by atoms with Gasteiger partial charge in [-0.05, 0) is 62.9 Å². The molecule has 12 heteroatoms. The lowest BCUT2D eigenvalue weighted by molar-refractivity contribution is 0.107. The summed E-state index contributed by atoms with van der Waals surface area (Å²) in [6.45, 7) is 4.63. The van der Waals surface area contributed by atoms with E-state index in [4.69, 9.17) is 27.1 Å². The highest BCUT2D eigenvalue weighted by molar-refractivity contribution is 6.37. The Bertz CT molecular complexity index is 1880. The third kappa shape index (κ3) is 4.60. The van der Waals surface area contributed by atoms with Gasteiger partial charge in [-0.25, -0.2) is 17.6 Å². The van der Waals surface area contributed by atoms with Crippen LogP contribution in [0.1, 0.15) is 39.0 Å². The molecule has 3 N–H and O–H groups in total. The summed E-state index contributed by atoms with van der Waals surface area (Å²) in [5.74, 6) is -2.19. The molecule has 0 aliphatic carbocycles. The number of ether oxygens (including phenoxy) is 1. The number of halogens is 5. The standard InChI is InChI=1S/C33H33ClF4N6O/c1-32-8-6-18(42-32)14-43(15-32)30-21-10-23(36)26(20-11-24(39)27(37)19-4-2-5-22(34)25(19)20)28(38)29(21)40-31(41-30)45-16-33-7-3-9-44(33)13-17(35)12-33/h2,4-5,10-11,17-18,42H,3,6-9,12-16,39H2,1H3/t17-,18-,32-,33+/m1/s1. The van der Waals surface area contributed by atoms with Gasteiger partial charge in [-0.15, -0.1) is 0 Å². The molecule has 0 saturated carbocycles. The molecule has 5 heterocycles. The molecule has 8 rings (SSSR count). The van der Waals surface area contributed by atoms with E-state index < -0.39 is 34.7 Å². The predicted octanol–water partition coefficient (Wildman–Crippen LogP) is 6.39. The van der Waals surface area contributed by atoms with Gasteiger partial charge in [0.05, 0.1) is 16.8 Å². The Morgan fingerprint density at radius 2 is 1.96 bits per heavy atom. The fraction of sp³-hybridized carbons (Fsp3) is 0.455. The number of nitrogens with one attached hydrogen (secondary N) is 1. The lowest BCUT2D eigenvalue weighted by atomic mass is 9.94. The van der Waals surface area contributed by atoms with Gasteiger partial charge in [0.25, 0.3) is 0 Å². The second kappa shape index (κ2) is 10.3. The SMILES string of the molecule is C[C@@]12CC[C@H](CN(c3nc(OC[C@@]45CCCN4C[C@H](F)C5)nc4c(F)c(-c5cc(N)c(F)c6cccc(Cl)c56)c(F)cc34)C1)N2. The molecule has 45 heavy (non-hydrogen) atoms. The monoisotopic (exact) mass is 640 g/mol. The van der Waals surface area contributed by atoms with Crippen molar-refractivity contribution in [3.8, 4) is 17.1 Å². The first-order chi connectivity index (χ1) is 21.5. The highest BCUT2D eigenvalue weighted by Gasteiger charge is 2.49. The van der Waals surface area contributed by atoms with Crippen molar-refractivity contribution in [1.82, 2.24) is 20.2 Å². The number of aromatic nitrogens is 2. The Morgan fingerprint density at radius 3 is 2.78 bits per heavy atom. The van der Waals surface area contributed by atoms with Gasteiger partial charge in [0.15, 0.2) is 11.6 Å². The van der Waals surface area contributed by atoms with E-state index in [-0.39, 0.29) is 62.1 Å². The van der Waals surface area contributed by atoms with E-state index in [9.17, 15) is 4.39 Å². The van der Waals surface area contributed by atoms with Crippen LogP contribution in [0.25, 0.3) is 32.8 Å². The second-order valence-corrected chi connectivity index (χ2v) is 13.9. The lowest BCUT2D eigenvalue weighted by Gasteiger charge is -2.40. The Labute approximate surface area is 262 Å². The van der Waals surface area contributed by atoms with E-state index in [0.717, 1.165) is 32.2 Å². The van der Waals surface area contributed by atoms with Crippen molar-refractivity contribution in [3.05, 3.63) is 52.8 Å². The van der Waals surface area contributed by atoms with Crippen LogP contribution in [-0.4, -0.2) is 70.9 Å². The minimum atomic E-state index is -0.958. The third-order valence-electron chi connectivity index (χ3n) is 10.3. The van der Waals surface area contributed by atoms with E-state index in [1.54, 1.807) is 6.07 Å². The van der Waals surface area contributed by atoms with Crippen LogP contribution in [0.3, 0.4) is 0 Å². The molecule has 4 aliphatic heterocycles. The molecule has 236 valence electrons. The topological polar surface area (TPSA) is 79.5 Å². The molecule has 4 atom stereocenters. The van der Waals surface area contributed by atoms with Crippen LogP contribution in [-0.2, 0) is 0 Å². The maximum absolute atomic E-state index is 16.8. The van der Waals surface area contributed by atoms with Gasteiger partial charge in [0.2, 0.25) is 0 Å². The molecule has 4 saturated heterocycles. The van der Waals surface area contributed by atoms with E-state index in [1.807, 2.05) is 4.90 Å². The minimum absolute atomic E-state index is 0.0159. The number of piperazine rings is 1. The zero-order valence-corrected chi connectivity index (χ0v) is 25.5. The molecular weight excluding hydrogens is 608 g/mol. The molecule has 7 nitrogen and oxygen atoms in total. The average molecular weight is 641 g/mol. The zero-order chi connectivity index (χ0) is 31.2. The maximum Gasteiger partial charge on any atom is 0.319 e. The van der Waals surface area contributed by atoms with Crippen molar-refractivity contribution >= 4 is 44.8 Å². The number of nitrogens with two attached hydrogens (primary N) is 1. The number of rotatable bonds is 5. The largest absolute Gasteiger partial charge is 0.461 e. The fourth-order valence-electron chi connectivity index (χ4n) is 8.29. The first kappa shape index (κ1) is 29.0. The highest BCUT2D eigenvalue weighted by atomic mass is 35.5. The molecule has 4 aliphatic rings. The first-order valence-electron chi connectivity index (χ1n) is 15.5. The molecule has 0 amide bonds. The Balaban J connectivity index is 1.30. The van der Waals surface area contributed by atoms with E-state index in [2.05, 4.69) is 22.1 Å². The van der Waals surface area contributed by atoms with Crippen LogP contribution in [0.4, 0.5) is 29.1 Å². The van der Waals surface area contributed by atoms with Gasteiger partial charge in [0.1, 0.15) is 29.9 Å². The average Bonchev–Trinajstić information content (AvgIpc) is 3.62. The van der Waals surface area contributed by atoms with Crippen LogP contribution in [0.5, 0.6) is 6.01 Å². The number of nitrogen functional groups attached to an aromatic ring is 1. The van der Waals surface area contributed by atoms with Gasteiger partial charge < -0.3 is 20.7 Å². The van der Waals surface area contributed by atoms with Gasteiger partial charge in [-0.2, -0.15) is 9.97 Å². The maximum atomic E-state index is 16.8. The Hall–Kier alpha value is -3.41. The van der Waals surface area contributed by atoms with Crippen molar-refractivity contribution < 1.29 is 22.3 Å². The fourth-order valence-corrected chi connectivity index (χ4v) is 8.57. The summed E-state index contributed by atoms with van der Waals surface area (Å²) < 4.78 is 68.7. The van der Waals surface area contributed by atoms with E-state index in [1.165, 1.54) is 24.3 Å². The van der Waals surface area contributed by atoms with Crippen molar-refractivity contribution in [3.63, 3.8) is 0 Å². The molecular formula is C33H33ClF4N6O. The number of hydrogen-bond acceptors (Lipinski definition) is 7. The van der Waals surface area contributed by atoms with Crippen molar-refractivity contribution in [2.45, 2.75) is 62.3 Å². The molecule has 3 aromatic carbocycles. The summed E-state index contributed by atoms with van der Waals surface area (Å²) >= 11 is 6.47. The summed E-state index contributed by atoms with van der Waals surface area (Å²) in [5.41, 5.74) is 4.52. The van der Waals surface area contributed by atoms with Crippen molar-refractivity contribution in [2.75, 3.05) is 43.4 Å². The molecule has 2 bridgehead atoms. The molecule has 1 aromatic heterocycles. The smallest absolute Gasteiger partial charge is 0.319 e. The summed E-state index contributed by atoms with van der Waals surface area (Å²) in [6, 6.07) is 7.12. The summed E-state index contributed by atoms with van der Waals surface area (Å²) in [4.78, 5) is 13.4. The van der Waals surface area contributed by atoms with Crippen LogP contribution in [0, 0.1) is 17.5 Å². The molecule has 0 unspecified atom stereocenters. The van der Waals surface area contributed by atoms with E-state index >= 15 is 13.2 Å². The first-order valence-corrected chi connectivity index (χ1v) is 15.8. The number of hydrogen-bond donors (Lipinski definition) is 2. The summed E-state index contributed by atoms with van der Waals surface area (Å²) in [5, 5.41) is 4.16. The number of benzene rings is 3. The summed E-state index contributed by atoms with van der Waals surface area (Å²) in [6.07, 6.45) is 3.09. The van der Waals surface area contributed by atoms with Crippen molar-refractivity contribution in [2.24, 2.45) is 0 Å². The minimum Gasteiger partial charge on any atom is -0.461 e. The van der Waals surface area contributed by atoms with Gasteiger partial charge in [-0.1, -0.05) is 23.7 Å². The number of anilines is 2. The van der Waals surface area contributed by atoms with Gasteiger partial charge >= 0.3 is 6.01 Å². The predicted molar refractivity (Wildman–Crippen MR) is 167 cm³/mol. The molecule has 0 spiro atoms. The van der Waals surface area contributed by atoms with Gasteiger partial charge in [0, 0.05) is 58.8 Å². The normalized spacial score (nSPS) is 28.0. The van der Waals surface area contributed by atoms with Crippen LogP contribution in [0.15, 0.2) is 30.3 Å². The number of alkyl halides is 1. The highest BCUT2D eigenvalue weighted by Crippen LogP contribution is 2.44. The Kier molecular flexibility index (Phi) is 6.64. The molecule has 4 aromatic rings.